The number of nitriles is 1. The van der Waals surface area contributed by atoms with Crippen LogP contribution in [0, 0.1) is 11.3 Å². The average molecular weight is 492 g/mol. The monoisotopic (exact) mass is 491 g/mol. The fraction of sp³-hybridized carbons (Fsp3) is 0.200. The lowest BCUT2D eigenvalue weighted by Gasteiger charge is -2.20. The first-order chi connectivity index (χ1) is 17.9. The van der Waals surface area contributed by atoms with E-state index in [1.165, 1.54) is 4.57 Å². The maximum absolute atomic E-state index is 13.3. The maximum atomic E-state index is 13.3. The van der Waals surface area contributed by atoms with Gasteiger partial charge >= 0.3 is 0 Å². The molecule has 0 radical (unpaired) electrons. The Morgan fingerprint density at radius 2 is 1.73 bits per heavy atom. The molecule has 0 aliphatic heterocycles. The molecule has 0 bridgehead atoms. The van der Waals surface area contributed by atoms with Crippen LogP contribution in [0.2, 0.25) is 0 Å². The summed E-state index contributed by atoms with van der Waals surface area (Å²) in [5, 5.41) is 15.4. The van der Waals surface area contributed by atoms with Crippen molar-refractivity contribution in [3.63, 3.8) is 0 Å². The summed E-state index contributed by atoms with van der Waals surface area (Å²) in [6.07, 6.45) is 3.37. The average Bonchev–Trinajstić information content (AvgIpc) is 2.93. The highest BCUT2D eigenvalue weighted by Gasteiger charge is 2.21. The smallest absolute Gasteiger partial charge is 0.250 e. The summed E-state index contributed by atoms with van der Waals surface area (Å²) in [5.41, 5.74) is 4.16. The number of aromatic nitrogens is 2. The first-order valence-electron chi connectivity index (χ1n) is 12.1. The zero-order valence-electron chi connectivity index (χ0n) is 20.9. The number of nitrogens with zero attached hydrogens (tertiary/aromatic N) is 3. The van der Waals surface area contributed by atoms with Gasteiger partial charge in [-0.1, -0.05) is 49.4 Å². The zero-order chi connectivity index (χ0) is 26.2. The Labute approximate surface area is 216 Å². The third kappa shape index (κ3) is 6.57. The van der Waals surface area contributed by atoms with E-state index >= 15 is 0 Å². The lowest BCUT2D eigenvalue weighted by molar-refractivity contribution is -0.117. The van der Waals surface area contributed by atoms with Crippen molar-refractivity contribution >= 4 is 11.7 Å². The molecule has 2 aromatic heterocycles. The molecule has 7 heteroatoms. The highest BCUT2D eigenvalue weighted by molar-refractivity contribution is 5.95. The SMILES string of the molecule is C[C@H](CNCC(C(=O)Nc1ccc(-c2ccn(C)c(=O)c2)cn1)c1ccccc1)c1ccc(C#N)cc1. The number of pyridine rings is 2. The standard InChI is InChI=1S/C30H29N5O2/c1-21(23-10-8-22(17-31)9-11-23)18-32-20-27(24-6-4-3-5-7-24)30(37)34-28-13-12-26(19-33-28)25-14-15-35(2)29(36)16-25/h3-16,19,21,27,32H,18,20H2,1-2H3,(H,33,34,37)/t21-,27?/m1/s1. The van der Waals surface area contributed by atoms with Crippen LogP contribution < -0.4 is 16.2 Å². The van der Waals surface area contributed by atoms with Crippen molar-refractivity contribution < 1.29 is 4.79 Å². The van der Waals surface area contributed by atoms with E-state index in [2.05, 4.69) is 28.6 Å². The molecule has 0 saturated heterocycles. The van der Waals surface area contributed by atoms with E-state index in [0.717, 1.165) is 22.3 Å². The lowest BCUT2D eigenvalue weighted by Crippen LogP contribution is -2.32. The Bertz CT molecular complexity index is 1440. The normalized spacial score (nSPS) is 12.4. The molecule has 2 N–H and O–H groups in total. The van der Waals surface area contributed by atoms with Gasteiger partial charge in [-0.05, 0) is 52.9 Å². The molecular formula is C30H29N5O2. The summed E-state index contributed by atoms with van der Waals surface area (Å²) >= 11 is 0. The van der Waals surface area contributed by atoms with Crippen LogP contribution in [0.5, 0.6) is 0 Å². The van der Waals surface area contributed by atoms with Gasteiger partial charge in [-0.3, -0.25) is 9.59 Å². The number of hydrogen-bond acceptors (Lipinski definition) is 5. The molecule has 0 fully saturated rings. The molecule has 7 nitrogen and oxygen atoms in total. The number of hydrogen-bond donors (Lipinski definition) is 2. The Morgan fingerprint density at radius 3 is 2.38 bits per heavy atom. The number of anilines is 1. The number of carbonyl (C=O) groups is 1. The van der Waals surface area contributed by atoms with Crippen molar-refractivity contribution in [1.82, 2.24) is 14.9 Å². The van der Waals surface area contributed by atoms with Crippen LogP contribution in [-0.2, 0) is 11.8 Å². The van der Waals surface area contributed by atoms with Crippen molar-refractivity contribution in [1.29, 1.82) is 5.26 Å². The molecule has 1 amide bonds. The summed E-state index contributed by atoms with van der Waals surface area (Å²) < 4.78 is 1.51. The van der Waals surface area contributed by atoms with Crippen LogP contribution in [0.15, 0.2) is 96.1 Å². The summed E-state index contributed by atoms with van der Waals surface area (Å²) in [6, 6.07) is 26.4. The van der Waals surface area contributed by atoms with Crippen molar-refractivity contribution in [3.05, 3.63) is 118 Å². The third-order valence-electron chi connectivity index (χ3n) is 6.38. The Morgan fingerprint density at radius 1 is 0.973 bits per heavy atom. The van der Waals surface area contributed by atoms with E-state index in [1.807, 2.05) is 66.7 Å². The summed E-state index contributed by atoms with van der Waals surface area (Å²) in [4.78, 5) is 29.6. The number of carbonyl (C=O) groups excluding carboxylic acids is 1. The third-order valence-corrected chi connectivity index (χ3v) is 6.38. The molecule has 37 heavy (non-hydrogen) atoms. The lowest BCUT2D eigenvalue weighted by atomic mass is 9.96. The Balaban J connectivity index is 1.42. The van der Waals surface area contributed by atoms with Crippen LogP contribution in [-0.4, -0.2) is 28.5 Å². The van der Waals surface area contributed by atoms with E-state index in [4.69, 9.17) is 5.26 Å². The quantitative estimate of drug-likeness (QED) is 0.361. The molecule has 0 spiro atoms. The number of nitrogens with one attached hydrogen (secondary N) is 2. The van der Waals surface area contributed by atoms with Crippen LogP contribution >= 0.6 is 0 Å². The van der Waals surface area contributed by atoms with Gasteiger partial charge in [0, 0.05) is 44.2 Å². The predicted molar refractivity (Wildman–Crippen MR) is 145 cm³/mol. The Kier molecular flexibility index (Phi) is 8.24. The highest BCUT2D eigenvalue weighted by atomic mass is 16.2. The van der Waals surface area contributed by atoms with Gasteiger partial charge in [0.15, 0.2) is 0 Å². The Hall–Kier alpha value is -4.54. The number of benzene rings is 2. The second kappa shape index (κ2) is 11.9. The molecule has 186 valence electrons. The topological polar surface area (TPSA) is 99.8 Å². The van der Waals surface area contributed by atoms with Crippen molar-refractivity contribution in [2.24, 2.45) is 7.05 Å². The van der Waals surface area contributed by atoms with Gasteiger partial charge in [0.1, 0.15) is 5.82 Å². The number of rotatable bonds is 9. The minimum atomic E-state index is -0.409. The van der Waals surface area contributed by atoms with Gasteiger partial charge in [-0.2, -0.15) is 5.26 Å². The largest absolute Gasteiger partial charge is 0.319 e. The van der Waals surface area contributed by atoms with Gasteiger partial charge in [-0.15, -0.1) is 0 Å². The minimum absolute atomic E-state index is 0.0958. The molecule has 4 aromatic rings. The second-order valence-electron chi connectivity index (χ2n) is 9.04. The van der Waals surface area contributed by atoms with Crippen LogP contribution in [0.3, 0.4) is 0 Å². The van der Waals surface area contributed by atoms with Crippen LogP contribution in [0.25, 0.3) is 11.1 Å². The van der Waals surface area contributed by atoms with Crippen LogP contribution in [0.4, 0.5) is 5.82 Å². The fourth-order valence-corrected chi connectivity index (χ4v) is 4.08. The van der Waals surface area contributed by atoms with Gasteiger partial charge in [0.2, 0.25) is 5.91 Å². The molecule has 2 atom stereocenters. The van der Waals surface area contributed by atoms with Crippen LogP contribution in [0.1, 0.15) is 35.4 Å². The van der Waals surface area contributed by atoms with E-state index in [0.29, 0.717) is 24.5 Å². The summed E-state index contributed by atoms with van der Waals surface area (Å²) in [5.74, 6) is 0.104. The summed E-state index contributed by atoms with van der Waals surface area (Å²) in [6.45, 7) is 3.26. The van der Waals surface area contributed by atoms with E-state index in [1.54, 1.807) is 31.6 Å². The van der Waals surface area contributed by atoms with E-state index in [-0.39, 0.29) is 17.4 Å². The predicted octanol–water partition coefficient (Wildman–Crippen LogP) is 4.43. The molecule has 0 aliphatic carbocycles. The second-order valence-corrected chi connectivity index (χ2v) is 9.04. The maximum Gasteiger partial charge on any atom is 0.250 e. The van der Waals surface area contributed by atoms with Gasteiger partial charge in [-0.25, -0.2) is 4.98 Å². The fourth-order valence-electron chi connectivity index (χ4n) is 4.08. The van der Waals surface area contributed by atoms with E-state index < -0.39 is 5.92 Å². The number of amides is 1. The molecule has 0 aliphatic rings. The van der Waals surface area contributed by atoms with E-state index in [9.17, 15) is 9.59 Å². The highest BCUT2D eigenvalue weighted by Crippen LogP contribution is 2.21. The van der Waals surface area contributed by atoms with Gasteiger partial charge < -0.3 is 15.2 Å². The van der Waals surface area contributed by atoms with Crippen molar-refractivity contribution in [3.8, 4) is 17.2 Å². The van der Waals surface area contributed by atoms with Gasteiger partial charge in [0.05, 0.1) is 17.6 Å². The van der Waals surface area contributed by atoms with Crippen molar-refractivity contribution in [2.75, 3.05) is 18.4 Å². The molecular weight excluding hydrogens is 462 g/mol. The molecule has 1 unspecified atom stereocenters. The molecule has 2 heterocycles. The molecule has 2 aromatic carbocycles. The zero-order valence-corrected chi connectivity index (χ0v) is 20.9. The first kappa shape index (κ1) is 25.5. The minimum Gasteiger partial charge on any atom is -0.319 e. The van der Waals surface area contributed by atoms with Gasteiger partial charge in [0.25, 0.3) is 5.56 Å². The summed E-state index contributed by atoms with van der Waals surface area (Å²) in [7, 11) is 1.70. The van der Waals surface area contributed by atoms with Crippen molar-refractivity contribution in [2.45, 2.75) is 18.8 Å². The molecule has 0 saturated carbocycles. The molecule has 4 rings (SSSR count). The first-order valence-corrected chi connectivity index (χ1v) is 12.1. The number of aryl methyl sites for hydroxylation is 1.